The molecular weight excluding hydrogens is 220 g/mol. The lowest BCUT2D eigenvalue weighted by Crippen LogP contribution is -2.48. The number of aromatic nitrogens is 3. The average Bonchev–Trinajstić information content (AvgIpc) is 2.86. The van der Waals surface area contributed by atoms with Crippen molar-refractivity contribution in [1.29, 1.82) is 0 Å². The van der Waals surface area contributed by atoms with Crippen LogP contribution in [0, 0.1) is 0 Å². The van der Waals surface area contributed by atoms with Gasteiger partial charge in [0.1, 0.15) is 5.82 Å². The molecule has 0 radical (unpaired) electrons. The minimum atomic E-state index is -0.101. The van der Waals surface area contributed by atoms with E-state index in [1.807, 2.05) is 11.8 Å². The van der Waals surface area contributed by atoms with Gasteiger partial charge in [-0.2, -0.15) is 0 Å². The van der Waals surface area contributed by atoms with E-state index in [0.29, 0.717) is 19.8 Å². The lowest BCUT2D eigenvalue weighted by Gasteiger charge is -2.34. The molecule has 1 saturated heterocycles. The van der Waals surface area contributed by atoms with E-state index in [0.717, 1.165) is 18.7 Å². The van der Waals surface area contributed by atoms with Gasteiger partial charge in [-0.1, -0.05) is 13.8 Å². The third-order valence-corrected chi connectivity index (χ3v) is 3.02. The van der Waals surface area contributed by atoms with Crippen molar-refractivity contribution < 1.29 is 9.53 Å². The molecule has 94 valence electrons. The Morgan fingerprint density at radius 3 is 3.06 bits per heavy atom. The third-order valence-electron chi connectivity index (χ3n) is 3.02. The summed E-state index contributed by atoms with van der Waals surface area (Å²) in [5.74, 6) is 0.910. The first-order chi connectivity index (χ1) is 8.26. The highest BCUT2D eigenvalue weighted by Crippen LogP contribution is 2.13. The summed E-state index contributed by atoms with van der Waals surface area (Å²) in [4.78, 5) is 18.2. The number of carbonyl (C=O) groups excluding carboxylic acids is 1. The number of carbonyl (C=O) groups is 1. The molecule has 0 bridgehead atoms. The fraction of sp³-hybridized carbons (Fsp3) is 0.727. The summed E-state index contributed by atoms with van der Waals surface area (Å²) in [7, 11) is 0. The number of rotatable bonds is 3. The second kappa shape index (κ2) is 5.27. The molecule has 6 heteroatoms. The first kappa shape index (κ1) is 12.0. The van der Waals surface area contributed by atoms with Crippen molar-refractivity contribution >= 4 is 5.91 Å². The molecule has 1 N–H and O–H groups in total. The average molecular weight is 238 g/mol. The predicted molar refractivity (Wildman–Crippen MR) is 61.7 cm³/mol. The van der Waals surface area contributed by atoms with Gasteiger partial charge in [0.15, 0.2) is 0 Å². The lowest BCUT2D eigenvalue weighted by atomic mass is 10.1. The standard InChI is InChI=1S/C11H18N4O2/c1-3-8-7-17-6-5-15(8)11(16)10-12-9(4-2)13-14-10/h8H,3-7H2,1-2H3,(H,12,13,14). The van der Waals surface area contributed by atoms with Gasteiger partial charge in [-0.3, -0.25) is 9.89 Å². The third kappa shape index (κ3) is 2.46. The summed E-state index contributed by atoms with van der Waals surface area (Å²) in [6.07, 6.45) is 1.64. The maximum Gasteiger partial charge on any atom is 0.293 e. The number of hydrogen-bond acceptors (Lipinski definition) is 4. The molecule has 2 heterocycles. The molecule has 1 amide bonds. The lowest BCUT2D eigenvalue weighted by molar-refractivity contribution is -0.00341. The first-order valence-corrected chi connectivity index (χ1v) is 6.06. The SMILES string of the molecule is CCc1nc(C(=O)N2CCOCC2CC)n[nH]1. The Kier molecular flexibility index (Phi) is 3.73. The summed E-state index contributed by atoms with van der Waals surface area (Å²) in [6, 6.07) is 0.139. The van der Waals surface area contributed by atoms with E-state index in [-0.39, 0.29) is 17.8 Å². The monoisotopic (exact) mass is 238 g/mol. The van der Waals surface area contributed by atoms with E-state index < -0.39 is 0 Å². The largest absolute Gasteiger partial charge is 0.377 e. The van der Waals surface area contributed by atoms with Crippen LogP contribution in [-0.2, 0) is 11.2 Å². The molecule has 6 nitrogen and oxygen atoms in total. The fourth-order valence-corrected chi connectivity index (χ4v) is 1.94. The zero-order valence-electron chi connectivity index (χ0n) is 10.3. The van der Waals surface area contributed by atoms with E-state index in [4.69, 9.17) is 4.74 Å². The molecule has 0 aromatic carbocycles. The van der Waals surface area contributed by atoms with Crippen molar-refractivity contribution in [3.63, 3.8) is 0 Å². The van der Waals surface area contributed by atoms with E-state index in [1.54, 1.807) is 0 Å². The van der Waals surface area contributed by atoms with Crippen LogP contribution in [0.1, 0.15) is 36.7 Å². The van der Waals surface area contributed by atoms with Crippen molar-refractivity contribution in [3.05, 3.63) is 11.6 Å². The first-order valence-electron chi connectivity index (χ1n) is 6.06. The van der Waals surface area contributed by atoms with Crippen LogP contribution in [0.25, 0.3) is 0 Å². The number of aromatic amines is 1. The van der Waals surface area contributed by atoms with Crippen molar-refractivity contribution in [2.24, 2.45) is 0 Å². The zero-order valence-corrected chi connectivity index (χ0v) is 10.3. The number of morpholine rings is 1. The second-order valence-corrected chi connectivity index (χ2v) is 4.09. The highest BCUT2D eigenvalue weighted by atomic mass is 16.5. The van der Waals surface area contributed by atoms with Crippen LogP contribution in [0.2, 0.25) is 0 Å². The van der Waals surface area contributed by atoms with Gasteiger partial charge < -0.3 is 9.64 Å². The highest BCUT2D eigenvalue weighted by Gasteiger charge is 2.28. The summed E-state index contributed by atoms with van der Waals surface area (Å²) >= 11 is 0. The number of amides is 1. The van der Waals surface area contributed by atoms with Crippen LogP contribution in [0.4, 0.5) is 0 Å². The van der Waals surface area contributed by atoms with Gasteiger partial charge in [0, 0.05) is 13.0 Å². The van der Waals surface area contributed by atoms with Crippen molar-refractivity contribution in [2.45, 2.75) is 32.7 Å². The maximum atomic E-state index is 12.2. The van der Waals surface area contributed by atoms with Crippen LogP contribution >= 0.6 is 0 Å². The van der Waals surface area contributed by atoms with Crippen LogP contribution in [0.15, 0.2) is 0 Å². The molecule has 2 rings (SSSR count). The minimum Gasteiger partial charge on any atom is -0.377 e. The molecule has 1 aliphatic rings. The van der Waals surface area contributed by atoms with Gasteiger partial charge in [-0.05, 0) is 6.42 Å². The molecule has 1 aliphatic heterocycles. The Hall–Kier alpha value is -1.43. The van der Waals surface area contributed by atoms with Crippen molar-refractivity contribution in [2.75, 3.05) is 19.8 Å². The molecule has 0 saturated carbocycles. The highest BCUT2D eigenvalue weighted by molar-refractivity contribution is 5.90. The van der Waals surface area contributed by atoms with E-state index in [9.17, 15) is 4.79 Å². The molecule has 1 atom stereocenters. The second-order valence-electron chi connectivity index (χ2n) is 4.09. The number of aryl methyl sites for hydroxylation is 1. The molecule has 1 unspecified atom stereocenters. The van der Waals surface area contributed by atoms with Gasteiger partial charge in [-0.25, -0.2) is 4.98 Å². The minimum absolute atomic E-state index is 0.101. The van der Waals surface area contributed by atoms with Crippen LogP contribution in [0.3, 0.4) is 0 Å². The van der Waals surface area contributed by atoms with Crippen LogP contribution in [-0.4, -0.2) is 51.8 Å². The van der Waals surface area contributed by atoms with Gasteiger partial charge in [0.2, 0.25) is 5.82 Å². The summed E-state index contributed by atoms with van der Waals surface area (Å²) in [5, 5.41) is 6.73. The predicted octanol–water partition coefficient (Wildman–Crippen LogP) is 0.618. The number of nitrogens with one attached hydrogen (secondary N) is 1. The summed E-state index contributed by atoms with van der Waals surface area (Å²) in [5.41, 5.74) is 0. The topological polar surface area (TPSA) is 71.1 Å². The number of ether oxygens (including phenoxy) is 1. The molecule has 0 spiro atoms. The van der Waals surface area contributed by atoms with Gasteiger partial charge in [0.25, 0.3) is 5.91 Å². The molecule has 1 aromatic heterocycles. The van der Waals surface area contributed by atoms with E-state index >= 15 is 0 Å². The Morgan fingerprint density at radius 2 is 2.41 bits per heavy atom. The number of hydrogen-bond donors (Lipinski definition) is 1. The van der Waals surface area contributed by atoms with Gasteiger partial charge in [0.05, 0.1) is 19.3 Å². The Balaban J connectivity index is 2.12. The molecular formula is C11H18N4O2. The van der Waals surface area contributed by atoms with Gasteiger partial charge >= 0.3 is 0 Å². The maximum absolute atomic E-state index is 12.2. The molecule has 17 heavy (non-hydrogen) atoms. The van der Waals surface area contributed by atoms with E-state index in [2.05, 4.69) is 22.1 Å². The van der Waals surface area contributed by atoms with Crippen LogP contribution < -0.4 is 0 Å². The fourth-order valence-electron chi connectivity index (χ4n) is 1.94. The number of H-pyrrole nitrogens is 1. The smallest absolute Gasteiger partial charge is 0.293 e. The Labute approximate surface area is 100 Å². The quantitative estimate of drug-likeness (QED) is 0.838. The molecule has 1 aromatic rings. The van der Waals surface area contributed by atoms with Crippen molar-refractivity contribution in [3.8, 4) is 0 Å². The van der Waals surface area contributed by atoms with Gasteiger partial charge in [-0.15, -0.1) is 5.10 Å². The number of nitrogens with zero attached hydrogens (tertiary/aromatic N) is 3. The zero-order chi connectivity index (χ0) is 12.3. The molecule has 1 fully saturated rings. The normalized spacial score (nSPS) is 20.6. The Bertz CT molecular complexity index is 391. The van der Waals surface area contributed by atoms with Crippen molar-refractivity contribution in [1.82, 2.24) is 20.1 Å². The summed E-state index contributed by atoms with van der Waals surface area (Å²) < 4.78 is 5.37. The summed E-state index contributed by atoms with van der Waals surface area (Å²) in [6.45, 7) is 5.83. The Morgan fingerprint density at radius 1 is 1.59 bits per heavy atom. The molecule has 0 aliphatic carbocycles. The van der Waals surface area contributed by atoms with Crippen LogP contribution in [0.5, 0.6) is 0 Å². The van der Waals surface area contributed by atoms with E-state index in [1.165, 1.54) is 0 Å².